The van der Waals surface area contributed by atoms with Crippen molar-refractivity contribution in [1.29, 1.82) is 0 Å². The Hall–Kier alpha value is -2.80. The number of aromatic nitrogens is 1. The van der Waals surface area contributed by atoms with Crippen LogP contribution in [-0.2, 0) is 11.3 Å². The third kappa shape index (κ3) is 3.38. The van der Waals surface area contributed by atoms with Crippen molar-refractivity contribution in [2.45, 2.75) is 25.8 Å². The Morgan fingerprint density at radius 3 is 2.89 bits per heavy atom. The number of thiazole rings is 1. The predicted octanol–water partition coefficient (Wildman–Crippen LogP) is 4.16. The Kier molecular flexibility index (Phi) is 4.85. The maximum Gasteiger partial charge on any atom is 0.260 e. The summed E-state index contributed by atoms with van der Waals surface area (Å²) in [6.07, 6.45) is 0.262. The Bertz CT molecular complexity index is 1050. The van der Waals surface area contributed by atoms with E-state index in [1.807, 2.05) is 31.2 Å². The highest BCUT2D eigenvalue weighted by Gasteiger charge is 2.32. The van der Waals surface area contributed by atoms with E-state index >= 15 is 0 Å². The molecule has 5 nitrogen and oxygen atoms in total. The van der Waals surface area contributed by atoms with Crippen molar-refractivity contribution < 1.29 is 18.7 Å². The van der Waals surface area contributed by atoms with Crippen molar-refractivity contribution in [3.05, 3.63) is 58.3 Å². The van der Waals surface area contributed by atoms with E-state index in [9.17, 15) is 14.0 Å². The molecule has 3 aromatic rings. The largest absolute Gasteiger partial charge is 0.483 e. The second-order valence-corrected chi connectivity index (χ2v) is 8.09. The molecule has 2 aromatic carbocycles. The fraction of sp³-hybridized carbons (Fsp3) is 0.286. The number of hydrogen-bond acceptors (Lipinski definition) is 5. The molecular weight excluding hydrogens is 379 g/mol. The molecule has 28 heavy (non-hydrogen) atoms. The molecule has 0 fully saturated rings. The first-order valence-electron chi connectivity index (χ1n) is 9.01. The number of likely N-dealkylation sites (N-methyl/N-ethyl adjacent to an activating group) is 1. The monoisotopic (exact) mass is 398 g/mol. The maximum atomic E-state index is 14.1. The van der Waals surface area contributed by atoms with Gasteiger partial charge in [0.25, 0.3) is 5.91 Å². The lowest BCUT2D eigenvalue weighted by molar-refractivity contribution is -0.132. The third-order valence-corrected chi connectivity index (χ3v) is 5.93. The Labute approximate surface area is 165 Å². The molecule has 0 aliphatic heterocycles. The minimum Gasteiger partial charge on any atom is -0.483 e. The molecule has 0 N–H and O–H groups in total. The average Bonchev–Trinajstić information content (AvgIpc) is 3.21. The lowest BCUT2D eigenvalue weighted by Gasteiger charge is -2.17. The van der Waals surface area contributed by atoms with Gasteiger partial charge in [-0.15, -0.1) is 11.3 Å². The Morgan fingerprint density at radius 2 is 2.11 bits per heavy atom. The topological polar surface area (TPSA) is 59.5 Å². The molecule has 0 radical (unpaired) electrons. The third-order valence-electron chi connectivity index (χ3n) is 4.90. The van der Waals surface area contributed by atoms with Gasteiger partial charge in [0, 0.05) is 19.0 Å². The number of halogens is 1. The lowest BCUT2D eigenvalue weighted by Crippen LogP contribution is -2.31. The van der Waals surface area contributed by atoms with E-state index in [1.165, 1.54) is 17.0 Å². The molecule has 1 heterocycles. The van der Waals surface area contributed by atoms with Crippen LogP contribution in [0, 0.1) is 5.82 Å². The van der Waals surface area contributed by atoms with Crippen molar-refractivity contribution in [3.63, 3.8) is 0 Å². The normalized spacial score (nSPS) is 15.7. The van der Waals surface area contributed by atoms with E-state index in [-0.39, 0.29) is 41.9 Å². The highest BCUT2D eigenvalue weighted by molar-refractivity contribution is 7.18. The molecule has 7 heteroatoms. The number of para-hydroxylation sites is 1. The quantitative estimate of drug-likeness (QED) is 0.647. The molecule has 1 amide bonds. The zero-order chi connectivity index (χ0) is 19.8. The van der Waals surface area contributed by atoms with E-state index in [2.05, 4.69) is 4.98 Å². The Balaban J connectivity index is 1.44. The van der Waals surface area contributed by atoms with Crippen LogP contribution < -0.4 is 4.74 Å². The number of fused-ring (bicyclic) bond motifs is 2. The van der Waals surface area contributed by atoms with Gasteiger partial charge in [0.1, 0.15) is 16.6 Å². The number of ketones is 1. The van der Waals surface area contributed by atoms with E-state index < -0.39 is 5.82 Å². The lowest BCUT2D eigenvalue weighted by atomic mass is 10.0. The number of Topliss-reactive ketones (excluding diaryl/α,β-unsaturated/α-hetero) is 1. The number of benzene rings is 2. The van der Waals surface area contributed by atoms with Gasteiger partial charge in [-0.2, -0.15) is 0 Å². The highest BCUT2D eigenvalue weighted by atomic mass is 32.1. The molecule has 0 saturated carbocycles. The first-order valence-corrected chi connectivity index (χ1v) is 9.82. The number of ether oxygens (including phenoxy) is 1. The van der Waals surface area contributed by atoms with Crippen LogP contribution in [0.5, 0.6) is 5.75 Å². The van der Waals surface area contributed by atoms with Crippen LogP contribution in [-0.4, -0.2) is 35.2 Å². The van der Waals surface area contributed by atoms with Gasteiger partial charge in [-0.3, -0.25) is 9.59 Å². The van der Waals surface area contributed by atoms with Gasteiger partial charge in [0.2, 0.25) is 0 Å². The van der Waals surface area contributed by atoms with Crippen LogP contribution in [0.15, 0.2) is 36.4 Å². The van der Waals surface area contributed by atoms with Crippen molar-refractivity contribution >= 4 is 33.2 Å². The fourth-order valence-electron chi connectivity index (χ4n) is 3.47. The summed E-state index contributed by atoms with van der Waals surface area (Å²) in [7, 11) is 1.68. The van der Waals surface area contributed by atoms with Crippen LogP contribution in [0.4, 0.5) is 4.39 Å². The van der Waals surface area contributed by atoms with E-state index in [0.29, 0.717) is 12.1 Å². The molecular formula is C21H19FN2O3S. The molecule has 1 aliphatic carbocycles. The number of amides is 1. The molecule has 0 spiro atoms. The summed E-state index contributed by atoms with van der Waals surface area (Å²) in [5, 5.41) is 0.837. The molecule has 0 saturated heterocycles. The summed E-state index contributed by atoms with van der Waals surface area (Å²) < 4.78 is 20.7. The average molecular weight is 398 g/mol. The van der Waals surface area contributed by atoms with Gasteiger partial charge in [0.05, 0.1) is 22.3 Å². The summed E-state index contributed by atoms with van der Waals surface area (Å²) in [4.78, 5) is 30.7. The van der Waals surface area contributed by atoms with Crippen molar-refractivity contribution in [1.82, 2.24) is 9.88 Å². The molecule has 1 aliphatic rings. The predicted molar refractivity (Wildman–Crippen MR) is 105 cm³/mol. The molecule has 1 atom stereocenters. The van der Waals surface area contributed by atoms with Gasteiger partial charge >= 0.3 is 0 Å². The molecule has 4 rings (SSSR count). The van der Waals surface area contributed by atoms with Crippen molar-refractivity contribution in [3.8, 4) is 5.75 Å². The maximum absolute atomic E-state index is 14.1. The second kappa shape index (κ2) is 7.31. The zero-order valence-electron chi connectivity index (χ0n) is 15.6. The number of nitrogens with zero attached hydrogens (tertiary/aromatic N) is 2. The van der Waals surface area contributed by atoms with Gasteiger partial charge in [0.15, 0.2) is 12.4 Å². The van der Waals surface area contributed by atoms with Gasteiger partial charge in [-0.25, -0.2) is 9.37 Å². The zero-order valence-corrected chi connectivity index (χ0v) is 16.4. The second-order valence-electron chi connectivity index (χ2n) is 6.98. The molecule has 0 unspecified atom stereocenters. The Morgan fingerprint density at radius 1 is 1.32 bits per heavy atom. The van der Waals surface area contributed by atoms with Crippen molar-refractivity contribution in [2.24, 2.45) is 0 Å². The number of carbonyl (C=O) groups is 2. The van der Waals surface area contributed by atoms with Crippen LogP contribution in [0.1, 0.15) is 40.2 Å². The summed E-state index contributed by atoms with van der Waals surface area (Å²) in [5.41, 5.74) is 1.57. The smallest absolute Gasteiger partial charge is 0.260 e. The first kappa shape index (κ1) is 18.6. The fourth-order valence-corrected chi connectivity index (χ4v) is 4.50. The SMILES string of the molecule is C[C@@H]1CC(=O)c2c(OCC(=O)N(C)Cc3nc4ccccc4s3)ccc(F)c21. The summed E-state index contributed by atoms with van der Waals surface area (Å²) in [5.74, 6) is -0.695. The van der Waals surface area contributed by atoms with Gasteiger partial charge in [-0.05, 0) is 30.2 Å². The molecule has 1 aromatic heterocycles. The molecule has 144 valence electrons. The number of hydrogen-bond donors (Lipinski definition) is 0. The van der Waals surface area contributed by atoms with Gasteiger partial charge < -0.3 is 9.64 Å². The van der Waals surface area contributed by atoms with Crippen LogP contribution in [0.2, 0.25) is 0 Å². The standard InChI is InChI=1S/C21H19FN2O3S/c1-12-9-15(25)21-16(8-7-13(22)20(12)21)27-11-19(26)24(2)10-18-23-14-5-3-4-6-17(14)28-18/h3-8,12H,9-11H2,1-2H3/t12-/m1/s1. The highest BCUT2D eigenvalue weighted by Crippen LogP contribution is 2.39. The first-order chi connectivity index (χ1) is 13.4. The summed E-state index contributed by atoms with van der Waals surface area (Å²) >= 11 is 1.54. The van der Waals surface area contributed by atoms with Crippen molar-refractivity contribution in [2.75, 3.05) is 13.7 Å². The van der Waals surface area contributed by atoms with Crippen LogP contribution in [0.25, 0.3) is 10.2 Å². The van der Waals surface area contributed by atoms with Crippen LogP contribution in [0.3, 0.4) is 0 Å². The van der Waals surface area contributed by atoms with Crippen LogP contribution >= 0.6 is 11.3 Å². The van der Waals surface area contributed by atoms with E-state index in [4.69, 9.17) is 4.74 Å². The number of rotatable bonds is 5. The minimum atomic E-state index is -0.403. The molecule has 0 bridgehead atoms. The van der Waals surface area contributed by atoms with E-state index in [0.717, 1.165) is 15.2 Å². The van der Waals surface area contributed by atoms with E-state index in [1.54, 1.807) is 18.4 Å². The number of carbonyl (C=O) groups excluding carboxylic acids is 2. The minimum absolute atomic E-state index is 0.146. The summed E-state index contributed by atoms with van der Waals surface area (Å²) in [6, 6.07) is 10.5. The summed E-state index contributed by atoms with van der Waals surface area (Å²) in [6.45, 7) is 1.97. The van der Waals surface area contributed by atoms with Gasteiger partial charge in [-0.1, -0.05) is 19.1 Å².